The summed E-state index contributed by atoms with van der Waals surface area (Å²) in [6, 6.07) is 0. The molecule has 2 fully saturated rings. The highest BCUT2D eigenvalue weighted by Crippen LogP contribution is 2.47. The van der Waals surface area contributed by atoms with E-state index in [1.807, 2.05) is 0 Å². The molecule has 0 aliphatic heterocycles. The molecule has 0 saturated heterocycles. The standard InChI is InChI=1S/C7H11I/c8-7-4-5-1-2-6(7)3-5/h5-7H,1-4H2/t5-,6-,7-/m0/s1. The van der Waals surface area contributed by atoms with Crippen LogP contribution in [0.3, 0.4) is 0 Å². The molecule has 2 aliphatic carbocycles. The summed E-state index contributed by atoms with van der Waals surface area (Å²) in [4.78, 5) is 0. The summed E-state index contributed by atoms with van der Waals surface area (Å²) in [5, 5.41) is 0. The molecule has 2 rings (SSSR count). The van der Waals surface area contributed by atoms with Crippen LogP contribution in [0.15, 0.2) is 0 Å². The molecule has 46 valence electrons. The summed E-state index contributed by atoms with van der Waals surface area (Å²) < 4.78 is 1.05. The number of halogens is 1. The average molecular weight is 222 g/mol. The molecule has 0 N–H and O–H groups in total. The lowest BCUT2D eigenvalue weighted by atomic mass is 10.0. The number of hydrogen-bond acceptors (Lipinski definition) is 0. The molecule has 0 spiro atoms. The van der Waals surface area contributed by atoms with Gasteiger partial charge in [-0.15, -0.1) is 0 Å². The van der Waals surface area contributed by atoms with E-state index in [-0.39, 0.29) is 0 Å². The molecule has 0 unspecified atom stereocenters. The molecule has 2 saturated carbocycles. The summed E-state index contributed by atoms with van der Waals surface area (Å²) in [5.41, 5.74) is 0. The van der Waals surface area contributed by atoms with Gasteiger partial charge in [-0.3, -0.25) is 0 Å². The molecule has 0 heterocycles. The third-order valence-electron chi connectivity index (χ3n) is 2.65. The third-order valence-corrected chi connectivity index (χ3v) is 4.18. The van der Waals surface area contributed by atoms with Crippen molar-refractivity contribution < 1.29 is 0 Å². The molecule has 0 aromatic rings. The van der Waals surface area contributed by atoms with Gasteiger partial charge in [0, 0.05) is 3.92 Å². The minimum absolute atomic E-state index is 1.05. The monoisotopic (exact) mass is 222 g/mol. The van der Waals surface area contributed by atoms with Crippen molar-refractivity contribution in [2.24, 2.45) is 11.8 Å². The smallest absolute Gasteiger partial charge is 0.0141 e. The molecule has 3 atom stereocenters. The van der Waals surface area contributed by atoms with Crippen LogP contribution in [0.25, 0.3) is 0 Å². The van der Waals surface area contributed by atoms with Gasteiger partial charge in [0.2, 0.25) is 0 Å². The van der Waals surface area contributed by atoms with Crippen LogP contribution < -0.4 is 0 Å². The van der Waals surface area contributed by atoms with E-state index in [2.05, 4.69) is 22.6 Å². The topological polar surface area (TPSA) is 0 Å². The Hall–Kier alpha value is 0.730. The van der Waals surface area contributed by atoms with E-state index in [4.69, 9.17) is 0 Å². The summed E-state index contributed by atoms with van der Waals surface area (Å²) in [7, 11) is 0. The van der Waals surface area contributed by atoms with E-state index in [1.165, 1.54) is 12.8 Å². The van der Waals surface area contributed by atoms with Crippen LogP contribution in [0.1, 0.15) is 25.7 Å². The van der Waals surface area contributed by atoms with Crippen molar-refractivity contribution in [3.8, 4) is 0 Å². The van der Waals surface area contributed by atoms with Crippen LogP contribution in [0.5, 0.6) is 0 Å². The van der Waals surface area contributed by atoms with Crippen LogP contribution in [0, 0.1) is 11.8 Å². The van der Waals surface area contributed by atoms with E-state index in [0.29, 0.717) is 0 Å². The van der Waals surface area contributed by atoms with Crippen molar-refractivity contribution in [3.05, 3.63) is 0 Å². The SMILES string of the molecule is I[C@H]1C[C@H]2CC[C@H]1C2. The zero-order valence-corrected chi connectivity index (χ0v) is 7.10. The fraction of sp³-hybridized carbons (Fsp3) is 1.00. The highest BCUT2D eigenvalue weighted by atomic mass is 127. The van der Waals surface area contributed by atoms with Crippen LogP contribution in [0.2, 0.25) is 0 Å². The van der Waals surface area contributed by atoms with Gasteiger partial charge in [-0.05, 0) is 31.1 Å². The van der Waals surface area contributed by atoms with Crippen LogP contribution in [-0.4, -0.2) is 3.92 Å². The second-order valence-corrected chi connectivity index (χ2v) is 4.79. The largest absolute Gasteiger partial charge is 0.0823 e. The van der Waals surface area contributed by atoms with Crippen molar-refractivity contribution >= 4 is 22.6 Å². The van der Waals surface area contributed by atoms with E-state index < -0.39 is 0 Å². The molecule has 8 heavy (non-hydrogen) atoms. The Morgan fingerprint density at radius 2 is 2.00 bits per heavy atom. The van der Waals surface area contributed by atoms with Crippen LogP contribution >= 0.6 is 22.6 Å². The first kappa shape index (κ1) is 5.51. The molecular formula is C7H11I. The molecular weight excluding hydrogens is 211 g/mol. The van der Waals surface area contributed by atoms with Crippen molar-refractivity contribution in [2.75, 3.05) is 0 Å². The molecule has 2 aliphatic rings. The lowest BCUT2D eigenvalue weighted by Gasteiger charge is -2.13. The third kappa shape index (κ3) is 0.703. The highest BCUT2D eigenvalue weighted by Gasteiger charge is 2.37. The Kier molecular flexibility index (Phi) is 1.28. The molecule has 2 bridgehead atoms. The van der Waals surface area contributed by atoms with Crippen molar-refractivity contribution in [3.63, 3.8) is 0 Å². The first-order valence-electron chi connectivity index (χ1n) is 3.50. The Morgan fingerprint density at radius 3 is 2.25 bits per heavy atom. The Bertz CT molecular complexity index is 98.6. The van der Waals surface area contributed by atoms with E-state index in [9.17, 15) is 0 Å². The van der Waals surface area contributed by atoms with Gasteiger partial charge in [0.1, 0.15) is 0 Å². The lowest BCUT2D eigenvalue weighted by molar-refractivity contribution is 0.503. The van der Waals surface area contributed by atoms with Gasteiger partial charge >= 0.3 is 0 Å². The van der Waals surface area contributed by atoms with Crippen LogP contribution in [0.4, 0.5) is 0 Å². The first-order valence-corrected chi connectivity index (χ1v) is 4.75. The fourth-order valence-corrected chi connectivity index (χ4v) is 3.54. The number of fused-ring (bicyclic) bond motifs is 2. The van der Waals surface area contributed by atoms with Crippen molar-refractivity contribution in [2.45, 2.75) is 29.6 Å². The fourth-order valence-electron chi connectivity index (χ4n) is 2.17. The number of rotatable bonds is 0. The highest BCUT2D eigenvalue weighted by molar-refractivity contribution is 14.1. The maximum atomic E-state index is 2.62. The quantitative estimate of drug-likeness (QED) is 0.436. The minimum Gasteiger partial charge on any atom is -0.0823 e. The van der Waals surface area contributed by atoms with Gasteiger partial charge in [-0.1, -0.05) is 29.0 Å². The van der Waals surface area contributed by atoms with Gasteiger partial charge in [0.25, 0.3) is 0 Å². The lowest BCUT2D eigenvalue weighted by Crippen LogP contribution is -2.07. The van der Waals surface area contributed by atoms with E-state index in [1.54, 1.807) is 12.8 Å². The van der Waals surface area contributed by atoms with Crippen molar-refractivity contribution in [1.29, 1.82) is 0 Å². The van der Waals surface area contributed by atoms with E-state index >= 15 is 0 Å². The van der Waals surface area contributed by atoms with Gasteiger partial charge in [0.05, 0.1) is 0 Å². The summed E-state index contributed by atoms with van der Waals surface area (Å²) in [6.07, 6.45) is 6.18. The van der Waals surface area contributed by atoms with Crippen molar-refractivity contribution in [1.82, 2.24) is 0 Å². The normalized spacial score (nSPS) is 52.9. The first-order chi connectivity index (χ1) is 3.86. The summed E-state index contributed by atoms with van der Waals surface area (Å²) in [6.45, 7) is 0. The molecule has 0 nitrogen and oxygen atoms in total. The Balaban J connectivity index is 2.11. The Morgan fingerprint density at radius 1 is 1.12 bits per heavy atom. The van der Waals surface area contributed by atoms with E-state index in [0.717, 1.165) is 15.8 Å². The minimum atomic E-state index is 1.05. The molecule has 0 aromatic heterocycles. The molecule has 0 aromatic carbocycles. The number of hydrogen-bond donors (Lipinski definition) is 0. The maximum Gasteiger partial charge on any atom is 0.0141 e. The Labute approximate surface area is 64.2 Å². The van der Waals surface area contributed by atoms with Gasteiger partial charge in [-0.25, -0.2) is 0 Å². The summed E-state index contributed by atoms with van der Waals surface area (Å²) >= 11 is 2.62. The number of alkyl halides is 1. The second-order valence-electron chi connectivity index (χ2n) is 3.19. The zero-order valence-electron chi connectivity index (χ0n) is 4.94. The second kappa shape index (κ2) is 1.86. The molecule has 1 heteroatoms. The predicted octanol–water partition coefficient (Wildman–Crippen LogP) is 2.61. The van der Waals surface area contributed by atoms with Gasteiger partial charge < -0.3 is 0 Å². The van der Waals surface area contributed by atoms with Crippen LogP contribution in [-0.2, 0) is 0 Å². The molecule has 0 amide bonds. The molecule has 0 radical (unpaired) electrons. The van der Waals surface area contributed by atoms with Gasteiger partial charge in [-0.2, -0.15) is 0 Å². The average Bonchev–Trinajstić information content (AvgIpc) is 2.23. The maximum absolute atomic E-state index is 2.62. The van der Waals surface area contributed by atoms with Gasteiger partial charge in [0.15, 0.2) is 0 Å². The summed E-state index contributed by atoms with van der Waals surface area (Å²) in [5.74, 6) is 2.27. The predicted molar refractivity (Wildman–Crippen MR) is 43.3 cm³/mol. The zero-order chi connectivity index (χ0) is 5.56.